The van der Waals surface area contributed by atoms with E-state index in [4.69, 9.17) is 16.4 Å². The highest BCUT2D eigenvalue weighted by Crippen LogP contribution is 2.17. The zero-order chi connectivity index (χ0) is 12.1. The van der Waals surface area contributed by atoms with Crippen molar-refractivity contribution < 1.29 is 0 Å². The first-order chi connectivity index (χ1) is 7.56. The summed E-state index contributed by atoms with van der Waals surface area (Å²) in [6.07, 6.45) is 0. The van der Waals surface area contributed by atoms with Gasteiger partial charge in [0.1, 0.15) is 6.07 Å². The maximum absolute atomic E-state index is 8.66. The van der Waals surface area contributed by atoms with E-state index < -0.39 is 0 Å². The smallest absolute Gasteiger partial charge is 0.201 e. The van der Waals surface area contributed by atoms with E-state index in [0.717, 1.165) is 16.8 Å². The fourth-order valence-corrected chi connectivity index (χ4v) is 1.13. The maximum Gasteiger partial charge on any atom is 0.201 e. The number of anilines is 1. The van der Waals surface area contributed by atoms with Crippen molar-refractivity contribution in [1.82, 2.24) is 0 Å². The lowest BCUT2D eigenvalue weighted by Crippen LogP contribution is -2.21. The first kappa shape index (κ1) is 11.7. The predicted molar refractivity (Wildman–Crippen MR) is 64.5 cm³/mol. The van der Waals surface area contributed by atoms with Crippen LogP contribution in [0.2, 0.25) is 0 Å². The quantitative estimate of drug-likeness (QED) is 0.405. The summed E-state index contributed by atoms with van der Waals surface area (Å²) < 4.78 is 0. The SMILES string of the molecule is Cc1cccc(N/N=C(\C#N)C(=N)N)c1C. The molecule has 1 rings (SSSR count). The third-order valence-electron chi connectivity index (χ3n) is 2.25. The van der Waals surface area contributed by atoms with Gasteiger partial charge in [-0.3, -0.25) is 10.8 Å². The summed E-state index contributed by atoms with van der Waals surface area (Å²) >= 11 is 0. The molecule has 1 aromatic carbocycles. The minimum atomic E-state index is -0.347. The molecule has 0 aliphatic heterocycles. The van der Waals surface area contributed by atoms with E-state index in [0.29, 0.717) is 0 Å². The van der Waals surface area contributed by atoms with Crippen LogP contribution < -0.4 is 11.2 Å². The van der Waals surface area contributed by atoms with Gasteiger partial charge < -0.3 is 5.73 Å². The number of amidine groups is 1. The van der Waals surface area contributed by atoms with Gasteiger partial charge in [0.15, 0.2) is 5.84 Å². The van der Waals surface area contributed by atoms with Gasteiger partial charge in [-0.15, -0.1) is 0 Å². The van der Waals surface area contributed by atoms with Crippen LogP contribution in [0.1, 0.15) is 11.1 Å². The lowest BCUT2D eigenvalue weighted by Gasteiger charge is -2.07. The predicted octanol–water partition coefficient (Wildman–Crippen LogP) is 1.53. The summed E-state index contributed by atoms with van der Waals surface area (Å²) in [7, 11) is 0. The summed E-state index contributed by atoms with van der Waals surface area (Å²) in [5.41, 5.74) is 10.8. The first-order valence-electron chi connectivity index (χ1n) is 4.70. The number of nitrogens with zero attached hydrogens (tertiary/aromatic N) is 2. The van der Waals surface area contributed by atoms with Crippen LogP contribution in [0.25, 0.3) is 0 Å². The molecule has 0 heterocycles. The lowest BCUT2D eigenvalue weighted by atomic mass is 10.1. The molecule has 0 atom stereocenters. The number of hydrogen-bond donors (Lipinski definition) is 3. The Bertz CT molecular complexity index is 482. The molecule has 1 aromatic rings. The molecule has 0 saturated carbocycles. The second-order valence-corrected chi connectivity index (χ2v) is 3.35. The molecular weight excluding hydrogens is 202 g/mol. The van der Waals surface area contributed by atoms with Gasteiger partial charge in [0.2, 0.25) is 5.71 Å². The van der Waals surface area contributed by atoms with Crippen molar-refractivity contribution in [2.45, 2.75) is 13.8 Å². The van der Waals surface area contributed by atoms with Crippen molar-refractivity contribution in [2.75, 3.05) is 5.43 Å². The zero-order valence-electron chi connectivity index (χ0n) is 9.20. The number of rotatable bonds is 3. The van der Waals surface area contributed by atoms with Crippen molar-refractivity contribution in [3.8, 4) is 6.07 Å². The third kappa shape index (κ3) is 2.58. The van der Waals surface area contributed by atoms with E-state index in [-0.39, 0.29) is 11.5 Å². The van der Waals surface area contributed by atoms with E-state index in [1.807, 2.05) is 32.0 Å². The average Bonchev–Trinajstić information content (AvgIpc) is 2.24. The molecule has 82 valence electrons. The van der Waals surface area contributed by atoms with Crippen LogP contribution in [0, 0.1) is 30.6 Å². The largest absolute Gasteiger partial charge is 0.382 e. The molecule has 5 nitrogen and oxygen atoms in total. The van der Waals surface area contributed by atoms with Crippen LogP contribution >= 0.6 is 0 Å². The van der Waals surface area contributed by atoms with Crippen LogP contribution in [-0.4, -0.2) is 11.5 Å². The van der Waals surface area contributed by atoms with E-state index >= 15 is 0 Å². The Balaban J connectivity index is 2.95. The second kappa shape index (κ2) is 4.94. The van der Waals surface area contributed by atoms with Crippen LogP contribution in [0.15, 0.2) is 23.3 Å². The fourth-order valence-electron chi connectivity index (χ4n) is 1.13. The number of nitrogens with two attached hydrogens (primary N) is 1. The van der Waals surface area contributed by atoms with Gasteiger partial charge in [-0.1, -0.05) is 12.1 Å². The Morgan fingerprint density at radius 2 is 2.19 bits per heavy atom. The molecule has 5 heteroatoms. The molecule has 4 N–H and O–H groups in total. The van der Waals surface area contributed by atoms with Crippen molar-refractivity contribution in [3.63, 3.8) is 0 Å². The van der Waals surface area contributed by atoms with Gasteiger partial charge in [0.05, 0.1) is 5.69 Å². The number of aryl methyl sites for hydroxylation is 1. The monoisotopic (exact) mass is 215 g/mol. The molecular formula is C11H13N5. The van der Waals surface area contributed by atoms with Crippen molar-refractivity contribution in [3.05, 3.63) is 29.3 Å². The normalized spacial score (nSPS) is 10.7. The highest BCUT2D eigenvalue weighted by Gasteiger charge is 2.02. The topological polar surface area (TPSA) is 98.0 Å². The molecule has 0 spiro atoms. The number of nitrogens with one attached hydrogen (secondary N) is 2. The van der Waals surface area contributed by atoms with Gasteiger partial charge in [-0.05, 0) is 31.0 Å². The molecule has 16 heavy (non-hydrogen) atoms. The molecule has 0 aliphatic rings. The van der Waals surface area contributed by atoms with Crippen LogP contribution in [0.4, 0.5) is 5.69 Å². The molecule has 0 radical (unpaired) electrons. The highest BCUT2D eigenvalue weighted by atomic mass is 15.3. The van der Waals surface area contributed by atoms with E-state index in [1.54, 1.807) is 6.07 Å². The molecule has 0 aliphatic carbocycles. The number of nitriles is 1. The summed E-state index contributed by atoms with van der Waals surface area (Å²) in [5.74, 6) is -0.347. The summed E-state index contributed by atoms with van der Waals surface area (Å²) in [5, 5.41) is 19.5. The van der Waals surface area contributed by atoms with Gasteiger partial charge in [-0.25, -0.2) is 0 Å². The molecule has 0 saturated heterocycles. The fraction of sp³-hybridized carbons (Fsp3) is 0.182. The third-order valence-corrected chi connectivity index (χ3v) is 2.25. The Kier molecular flexibility index (Phi) is 3.62. The van der Waals surface area contributed by atoms with Gasteiger partial charge in [-0.2, -0.15) is 10.4 Å². The van der Waals surface area contributed by atoms with Crippen molar-refractivity contribution >= 4 is 17.2 Å². The number of benzene rings is 1. The number of hydrogen-bond acceptors (Lipinski definition) is 4. The minimum Gasteiger partial charge on any atom is -0.382 e. The van der Waals surface area contributed by atoms with Gasteiger partial charge in [0, 0.05) is 0 Å². The standard InChI is InChI=1S/C11H13N5/c1-7-4-3-5-9(8(7)2)15-16-10(6-12)11(13)14/h3-5,15H,1-2H3,(H3,13,14)/b16-10+. The molecule has 0 amide bonds. The molecule has 0 aromatic heterocycles. The second-order valence-electron chi connectivity index (χ2n) is 3.35. The zero-order valence-corrected chi connectivity index (χ0v) is 9.20. The van der Waals surface area contributed by atoms with Crippen molar-refractivity contribution in [2.24, 2.45) is 10.8 Å². The minimum absolute atomic E-state index is 0.124. The molecule has 0 fully saturated rings. The van der Waals surface area contributed by atoms with Crippen LogP contribution in [0.5, 0.6) is 0 Å². The summed E-state index contributed by atoms with van der Waals surface area (Å²) in [6, 6.07) is 7.47. The average molecular weight is 215 g/mol. The van der Waals surface area contributed by atoms with Crippen LogP contribution in [-0.2, 0) is 0 Å². The van der Waals surface area contributed by atoms with Gasteiger partial charge >= 0.3 is 0 Å². The Hall–Kier alpha value is -2.35. The Labute approximate surface area is 94.1 Å². The van der Waals surface area contributed by atoms with Gasteiger partial charge in [0.25, 0.3) is 0 Å². The Morgan fingerprint density at radius 3 is 2.75 bits per heavy atom. The molecule has 0 bridgehead atoms. The number of hydrazone groups is 1. The summed E-state index contributed by atoms with van der Waals surface area (Å²) in [6.45, 7) is 3.94. The maximum atomic E-state index is 8.66. The van der Waals surface area contributed by atoms with Crippen LogP contribution in [0.3, 0.4) is 0 Å². The van der Waals surface area contributed by atoms with Crippen molar-refractivity contribution in [1.29, 1.82) is 10.7 Å². The summed E-state index contributed by atoms with van der Waals surface area (Å²) in [4.78, 5) is 0. The van der Waals surface area contributed by atoms with E-state index in [1.165, 1.54) is 0 Å². The van der Waals surface area contributed by atoms with E-state index in [9.17, 15) is 0 Å². The highest BCUT2D eigenvalue weighted by molar-refractivity contribution is 6.45. The molecule has 0 unspecified atom stereocenters. The first-order valence-corrected chi connectivity index (χ1v) is 4.70. The van der Waals surface area contributed by atoms with E-state index in [2.05, 4.69) is 10.5 Å². The lowest BCUT2D eigenvalue weighted by molar-refractivity contribution is 1.26. The Morgan fingerprint density at radius 1 is 1.50 bits per heavy atom.